The molecule has 1 saturated heterocycles. The fourth-order valence-electron chi connectivity index (χ4n) is 2.46. The molecule has 82 valence electrons. The fraction of sp³-hybridized carbons (Fsp3) is 0.538. The van der Waals surface area contributed by atoms with Crippen LogP contribution in [0.15, 0.2) is 24.3 Å². The van der Waals surface area contributed by atoms with Crippen molar-refractivity contribution in [2.24, 2.45) is 0 Å². The number of para-hydroxylation sites is 1. The summed E-state index contributed by atoms with van der Waals surface area (Å²) in [5.41, 5.74) is 2.46. The maximum atomic E-state index is 9.32. The molecular weight excluding hydrogens is 186 g/mol. The number of aliphatic hydroxyl groups excluding tert-OH is 1. The highest BCUT2D eigenvalue weighted by Crippen LogP contribution is 2.35. The van der Waals surface area contributed by atoms with Gasteiger partial charge in [0.05, 0.1) is 6.61 Å². The summed E-state index contributed by atoms with van der Waals surface area (Å²) in [5, 5.41) is 9.32. The van der Waals surface area contributed by atoms with E-state index in [4.69, 9.17) is 0 Å². The lowest BCUT2D eigenvalue weighted by Crippen LogP contribution is -2.38. The van der Waals surface area contributed by atoms with Gasteiger partial charge in [0, 0.05) is 23.3 Å². The average molecular weight is 205 g/mol. The van der Waals surface area contributed by atoms with Crippen LogP contribution in [0.1, 0.15) is 32.3 Å². The average Bonchev–Trinajstić information content (AvgIpc) is 2.58. The zero-order chi connectivity index (χ0) is 10.9. The van der Waals surface area contributed by atoms with Gasteiger partial charge in [-0.05, 0) is 32.8 Å². The summed E-state index contributed by atoms with van der Waals surface area (Å²) in [6.45, 7) is 5.77. The van der Waals surface area contributed by atoms with Crippen molar-refractivity contribution >= 4 is 5.69 Å². The van der Waals surface area contributed by atoms with Crippen molar-refractivity contribution in [2.45, 2.75) is 38.8 Å². The van der Waals surface area contributed by atoms with Crippen LogP contribution in [-0.2, 0) is 6.61 Å². The van der Waals surface area contributed by atoms with Gasteiger partial charge in [0.1, 0.15) is 0 Å². The van der Waals surface area contributed by atoms with E-state index in [0.717, 1.165) is 12.1 Å². The highest BCUT2D eigenvalue weighted by atomic mass is 16.3. The van der Waals surface area contributed by atoms with E-state index in [0.29, 0.717) is 0 Å². The van der Waals surface area contributed by atoms with Gasteiger partial charge < -0.3 is 10.0 Å². The standard InChI is InChI=1S/C13H19NO/c1-13(2)8-5-9-14(13)12-7-4-3-6-11(12)10-15/h3-4,6-7,15H,5,8-10H2,1-2H3. The van der Waals surface area contributed by atoms with E-state index in [1.807, 2.05) is 18.2 Å². The molecule has 0 amide bonds. The Labute approximate surface area is 91.5 Å². The van der Waals surface area contributed by atoms with E-state index >= 15 is 0 Å². The van der Waals surface area contributed by atoms with Crippen LogP contribution in [0, 0.1) is 0 Å². The second-order valence-corrected chi connectivity index (χ2v) is 4.85. The molecule has 1 aliphatic rings. The zero-order valence-electron chi connectivity index (χ0n) is 9.53. The lowest BCUT2D eigenvalue weighted by Gasteiger charge is -2.35. The van der Waals surface area contributed by atoms with Crippen molar-refractivity contribution in [3.05, 3.63) is 29.8 Å². The number of benzene rings is 1. The summed E-state index contributed by atoms with van der Waals surface area (Å²) in [6, 6.07) is 8.14. The summed E-state index contributed by atoms with van der Waals surface area (Å²) in [7, 11) is 0. The fourth-order valence-corrected chi connectivity index (χ4v) is 2.46. The summed E-state index contributed by atoms with van der Waals surface area (Å²) in [6.07, 6.45) is 2.47. The summed E-state index contributed by atoms with van der Waals surface area (Å²) >= 11 is 0. The van der Waals surface area contributed by atoms with Gasteiger partial charge in [-0.1, -0.05) is 18.2 Å². The molecule has 0 aliphatic carbocycles. The summed E-state index contributed by atoms with van der Waals surface area (Å²) < 4.78 is 0. The third-order valence-electron chi connectivity index (χ3n) is 3.35. The number of aliphatic hydroxyl groups is 1. The molecule has 15 heavy (non-hydrogen) atoms. The molecule has 0 unspecified atom stereocenters. The molecule has 0 aromatic heterocycles. The van der Waals surface area contributed by atoms with Crippen molar-refractivity contribution < 1.29 is 5.11 Å². The van der Waals surface area contributed by atoms with Crippen molar-refractivity contribution in [2.75, 3.05) is 11.4 Å². The van der Waals surface area contributed by atoms with E-state index in [-0.39, 0.29) is 12.1 Å². The van der Waals surface area contributed by atoms with E-state index < -0.39 is 0 Å². The highest BCUT2D eigenvalue weighted by Gasteiger charge is 2.32. The van der Waals surface area contributed by atoms with Gasteiger partial charge >= 0.3 is 0 Å². The molecule has 0 atom stereocenters. The van der Waals surface area contributed by atoms with Crippen LogP contribution in [0.4, 0.5) is 5.69 Å². The van der Waals surface area contributed by atoms with Crippen LogP contribution in [0.25, 0.3) is 0 Å². The molecule has 0 radical (unpaired) electrons. The van der Waals surface area contributed by atoms with Gasteiger partial charge in [0.25, 0.3) is 0 Å². The molecule has 0 bridgehead atoms. The van der Waals surface area contributed by atoms with Crippen LogP contribution < -0.4 is 4.90 Å². The van der Waals surface area contributed by atoms with Crippen molar-refractivity contribution in [3.8, 4) is 0 Å². The quantitative estimate of drug-likeness (QED) is 0.802. The smallest absolute Gasteiger partial charge is 0.0702 e. The molecule has 0 saturated carbocycles. The van der Waals surface area contributed by atoms with Crippen LogP contribution in [0.3, 0.4) is 0 Å². The lowest BCUT2D eigenvalue weighted by atomic mass is 10.0. The molecular formula is C13H19NO. The number of hydrogen-bond acceptors (Lipinski definition) is 2. The van der Waals surface area contributed by atoms with E-state index in [9.17, 15) is 5.11 Å². The zero-order valence-corrected chi connectivity index (χ0v) is 9.53. The minimum absolute atomic E-state index is 0.128. The number of anilines is 1. The number of hydrogen-bond donors (Lipinski definition) is 1. The first kappa shape index (κ1) is 10.5. The Morgan fingerprint density at radius 1 is 1.33 bits per heavy atom. The van der Waals surface area contributed by atoms with Crippen LogP contribution in [0.2, 0.25) is 0 Å². The van der Waals surface area contributed by atoms with E-state index in [2.05, 4.69) is 24.8 Å². The van der Waals surface area contributed by atoms with Gasteiger partial charge in [-0.25, -0.2) is 0 Å². The molecule has 1 fully saturated rings. The Hall–Kier alpha value is -1.02. The molecule has 0 spiro atoms. The minimum atomic E-state index is 0.128. The SMILES string of the molecule is CC1(C)CCCN1c1ccccc1CO. The maximum Gasteiger partial charge on any atom is 0.0702 e. The predicted molar refractivity (Wildman–Crippen MR) is 63.0 cm³/mol. The van der Waals surface area contributed by atoms with Crippen molar-refractivity contribution in [3.63, 3.8) is 0 Å². The molecule has 2 heteroatoms. The predicted octanol–water partition coefficient (Wildman–Crippen LogP) is 2.56. The van der Waals surface area contributed by atoms with Crippen molar-refractivity contribution in [1.29, 1.82) is 0 Å². The van der Waals surface area contributed by atoms with E-state index in [1.54, 1.807) is 0 Å². The normalized spacial score (nSPS) is 19.5. The third-order valence-corrected chi connectivity index (χ3v) is 3.35. The van der Waals surface area contributed by atoms with Gasteiger partial charge in [-0.3, -0.25) is 0 Å². The minimum Gasteiger partial charge on any atom is -0.392 e. The second kappa shape index (κ2) is 3.86. The third kappa shape index (κ3) is 1.86. The summed E-state index contributed by atoms with van der Waals surface area (Å²) in [4.78, 5) is 2.42. The van der Waals surface area contributed by atoms with Crippen LogP contribution in [-0.4, -0.2) is 17.2 Å². The Morgan fingerprint density at radius 3 is 2.67 bits per heavy atom. The topological polar surface area (TPSA) is 23.5 Å². The van der Waals surface area contributed by atoms with Gasteiger partial charge in [-0.15, -0.1) is 0 Å². The highest BCUT2D eigenvalue weighted by molar-refractivity contribution is 5.56. The Balaban J connectivity index is 2.36. The molecule has 2 rings (SSSR count). The molecule has 1 heterocycles. The molecule has 1 N–H and O–H groups in total. The molecule has 1 aliphatic heterocycles. The Bertz CT molecular complexity index is 346. The number of nitrogens with zero attached hydrogens (tertiary/aromatic N) is 1. The van der Waals surface area contributed by atoms with Gasteiger partial charge in [0.15, 0.2) is 0 Å². The van der Waals surface area contributed by atoms with Crippen LogP contribution >= 0.6 is 0 Å². The molecule has 2 nitrogen and oxygen atoms in total. The van der Waals surface area contributed by atoms with Gasteiger partial charge in [-0.2, -0.15) is 0 Å². The van der Waals surface area contributed by atoms with E-state index in [1.165, 1.54) is 18.5 Å². The first-order chi connectivity index (χ1) is 7.15. The van der Waals surface area contributed by atoms with Crippen LogP contribution in [0.5, 0.6) is 0 Å². The lowest BCUT2D eigenvalue weighted by molar-refractivity contribution is 0.281. The second-order valence-electron chi connectivity index (χ2n) is 4.85. The first-order valence-corrected chi connectivity index (χ1v) is 5.61. The first-order valence-electron chi connectivity index (χ1n) is 5.61. The Kier molecular flexibility index (Phi) is 2.70. The molecule has 1 aromatic rings. The summed E-state index contributed by atoms with van der Waals surface area (Å²) in [5.74, 6) is 0. The molecule has 1 aromatic carbocycles. The monoisotopic (exact) mass is 205 g/mol. The van der Waals surface area contributed by atoms with Crippen molar-refractivity contribution in [1.82, 2.24) is 0 Å². The largest absolute Gasteiger partial charge is 0.392 e. The van der Waals surface area contributed by atoms with Gasteiger partial charge in [0.2, 0.25) is 0 Å². The Morgan fingerprint density at radius 2 is 2.07 bits per heavy atom. The number of rotatable bonds is 2. The maximum absolute atomic E-state index is 9.32.